The first-order valence-corrected chi connectivity index (χ1v) is 10.4. The van der Waals surface area contributed by atoms with Crippen LogP contribution in [0.25, 0.3) is 27.7 Å². The summed E-state index contributed by atoms with van der Waals surface area (Å²) in [5, 5.41) is 11.1. The van der Waals surface area contributed by atoms with Gasteiger partial charge >= 0.3 is 0 Å². The Labute approximate surface area is 184 Å². The maximum Gasteiger partial charge on any atom is 0.245 e. The standard InChI is InChI=1S/C24H22N6O2/c1-25-23(32)24(7-8-24)28-22(31)13-19-12-17(6-10-27-19)16-4-5-21-18(11-16)15-30(29-21)20-3-2-9-26-14-20/h2-6,9-12,14-15H,7-8,13H2,1H3,(H,25,32)(H,28,31). The van der Waals surface area contributed by atoms with Gasteiger partial charge in [-0.05, 0) is 60.4 Å². The fraction of sp³-hybridized carbons (Fsp3) is 0.208. The average molecular weight is 426 g/mol. The third-order valence-corrected chi connectivity index (χ3v) is 5.70. The number of aromatic nitrogens is 4. The van der Waals surface area contributed by atoms with Crippen molar-refractivity contribution in [1.29, 1.82) is 0 Å². The molecular weight excluding hydrogens is 404 g/mol. The zero-order chi connectivity index (χ0) is 22.1. The molecule has 1 aliphatic rings. The van der Waals surface area contributed by atoms with Gasteiger partial charge in [-0.1, -0.05) is 6.07 Å². The molecule has 0 atom stereocenters. The van der Waals surface area contributed by atoms with Crippen LogP contribution in [-0.2, 0) is 16.0 Å². The molecule has 8 nitrogen and oxygen atoms in total. The van der Waals surface area contributed by atoms with Crippen LogP contribution in [0.2, 0.25) is 0 Å². The van der Waals surface area contributed by atoms with Gasteiger partial charge in [-0.25, -0.2) is 4.68 Å². The molecule has 3 aromatic heterocycles. The Hall–Kier alpha value is -4.07. The molecule has 160 valence electrons. The zero-order valence-corrected chi connectivity index (χ0v) is 17.6. The van der Waals surface area contributed by atoms with Crippen LogP contribution < -0.4 is 10.6 Å². The number of benzene rings is 1. The number of pyridine rings is 2. The zero-order valence-electron chi connectivity index (χ0n) is 17.6. The third-order valence-electron chi connectivity index (χ3n) is 5.70. The van der Waals surface area contributed by atoms with Gasteiger partial charge in [0.15, 0.2) is 0 Å². The minimum atomic E-state index is -0.747. The molecule has 0 radical (unpaired) electrons. The number of hydrogen-bond acceptors (Lipinski definition) is 5. The van der Waals surface area contributed by atoms with Crippen LogP contribution in [0.1, 0.15) is 18.5 Å². The summed E-state index contributed by atoms with van der Waals surface area (Å²) in [6.07, 6.45) is 8.62. The van der Waals surface area contributed by atoms with Gasteiger partial charge in [-0.15, -0.1) is 0 Å². The molecule has 4 aromatic rings. The van der Waals surface area contributed by atoms with Crippen molar-refractivity contribution in [2.75, 3.05) is 7.05 Å². The maximum absolute atomic E-state index is 12.5. The van der Waals surface area contributed by atoms with Gasteiger partial charge in [0.1, 0.15) is 5.54 Å². The quantitative estimate of drug-likeness (QED) is 0.493. The van der Waals surface area contributed by atoms with Crippen LogP contribution in [0.3, 0.4) is 0 Å². The molecule has 0 spiro atoms. The summed E-state index contributed by atoms with van der Waals surface area (Å²) < 4.78 is 1.81. The van der Waals surface area contributed by atoms with Crippen molar-refractivity contribution in [2.24, 2.45) is 0 Å². The molecule has 1 aliphatic carbocycles. The third kappa shape index (κ3) is 3.82. The number of fused-ring (bicyclic) bond motifs is 1. The van der Waals surface area contributed by atoms with Crippen LogP contribution in [0.5, 0.6) is 0 Å². The van der Waals surface area contributed by atoms with Crippen molar-refractivity contribution < 1.29 is 9.59 Å². The van der Waals surface area contributed by atoms with Gasteiger partial charge in [0.05, 0.1) is 29.5 Å². The van der Waals surface area contributed by atoms with Gasteiger partial charge in [0.2, 0.25) is 11.8 Å². The van der Waals surface area contributed by atoms with Crippen molar-refractivity contribution >= 4 is 22.7 Å². The summed E-state index contributed by atoms with van der Waals surface area (Å²) in [4.78, 5) is 33.0. The molecule has 0 saturated heterocycles. The summed E-state index contributed by atoms with van der Waals surface area (Å²) in [6, 6.07) is 13.7. The molecule has 1 saturated carbocycles. The van der Waals surface area contributed by atoms with E-state index < -0.39 is 5.54 Å². The highest BCUT2D eigenvalue weighted by Gasteiger charge is 2.50. The Balaban J connectivity index is 1.36. The van der Waals surface area contributed by atoms with E-state index in [2.05, 4.69) is 31.8 Å². The normalized spacial score (nSPS) is 14.2. The van der Waals surface area contributed by atoms with Crippen molar-refractivity contribution in [2.45, 2.75) is 24.8 Å². The predicted octanol–water partition coefficient (Wildman–Crippen LogP) is 2.42. The lowest BCUT2D eigenvalue weighted by molar-refractivity contribution is -0.129. The van der Waals surface area contributed by atoms with E-state index in [4.69, 9.17) is 0 Å². The molecule has 3 heterocycles. The SMILES string of the molecule is CNC(=O)C1(NC(=O)Cc2cc(-c3ccc4nn(-c5cccnc5)cc4c3)ccn2)CC1. The fourth-order valence-electron chi connectivity index (χ4n) is 3.83. The molecular formula is C24H22N6O2. The lowest BCUT2D eigenvalue weighted by Gasteiger charge is -2.15. The first-order chi connectivity index (χ1) is 15.6. The van der Waals surface area contributed by atoms with Crippen LogP contribution in [0.15, 0.2) is 67.3 Å². The van der Waals surface area contributed by atoms with E-state index in [1.54, 1.807) is 25.6 Å². The molecule has 1 aromatic carbocycles. The lowest BCUT2D eigenvalue weighted by Crippen LogP contribution is -2.48. The number of hydrogen-bond donors (Lipinski definition) is 2. The molecule has 1 fully saturated rings. The van der Waals surface area contributed by atoms with Gasteiger partial charge in [0.25, 0.3) is 0 Å². The first kappa shape index (κ1) is 19.9. The summed E-state index contributed by atoms with van der Waals surface area (Å²) >= 11 is 0. The van der Waals surface area contributed by atoms with Crippen molar-refractivity contribution in [3.8, 4) is 16.8 Å². The molecule has 0 bridgehead atoms. The minimum Gasteiger partial charge on any atom is -0.357 e. The highest BCUT2D eigenvalue weighted by atomic mass is 16.2. The second-order valence-electron chi connectivity index (χ2n) is 7.98. The number of rotatable bonds is 6. The van der Waals surface area contributed by atoms with E-state index in [0.29, 0.717) is 18.5 Å². The molecule has 5 rings (SSSR count). The van der Waals surface area contributed by atoms with Crippen LogP contribution in [-0.4, -0.2) is 44.1 Å². The second kappa shape index (κ2) is 7.88. The van der Waals surface area contributed by atoms with E-state index in [9.17, 15) is 9.59 Å². The Morgan fingerprint density at radius 1 is 1.09 bits per heavy atom. The molecule has 8 heteroatoms. The topological polar surface area (TPSA) is 102 Å². The largest absolute Gasteiger partial charge is 0.357 e. The molecule has 0 aliphatic heterocycles. The molecule has 0 unspecified atom stereocenters. The van der Waals surface area contributed by atoms with E-state index in [0.717, 1.165) is 27.7 Å². The number of nitrogens with zero attached hydrogens (tertiary/aromatic N) is 4. The maximum atomic E-state index is 12.5. The van der Waals surface area contributed by atoms with Crippen LogP contribution in [0, 0.1) is 0 Å². The predicted molar refractivity (Wildman–Crippen MR) is 120 cm³/mol. The number of likely N-dealkylation sites (N-methyl/N-ethyl adjacent to an activating group) is 1. The molecule has 2 amide bonds. The monoisotopic (exact) mass is 426 g/mol. The van der Waals surface area contributed by atoms with Crippen LogP contribution >= 0.6 is 0 Å². The number of amides is 2. The lowest BCUT2D eigenvalue weighted by atomic mass is 10.0. The molecule has 32 heavy (non-hydrogen) atoms. The Bertz CT molecular complexity index is 1310. The van der Waals surface area contributed by atoms with E-state index in [1.165, 1.54) is 0 Å². The Morgan fingerprint density at radius 2 is 1.94 bits per heavy atom. The smallest absolute Gasteiger partial charge is 0.245 e. The van der Waals surface area contributed by atoms with Crippen molar-refractivity contribution in [1.82, 2.24) is 30.4 Å². The van der Waals surface area contributed by atoms with E-state index >= 15 is 0 Å². The first-order valence-electron chi connectivity index (χ1n) is 10.4. The fourth-order valence-corrected chi connectivity index (χ4v) is 3.83. The van der Waals surface area contributed by atoms with Crippen molar-refractivity contribution in [3.63, 3.8) is 0 Å². The van der Waals surface area contributed by atoms with Gasteiger partial charge in [-0.2, -0.15) is 5.10 Å². The summed E-state index contributed by atoms with van der Waals surface area (Å²) in [6.45, 7) is 0. The van der Waals surface area contributed by atoms with Gasteiger partial charge in [0, 0.05) is 31.0 Å². The number of carbonyl (C=O) groups is 2. The second-order valence-corrected chi connectivity index (χ2v) is 7.98. The minimum absolute atomic E-state index is 0.119. The van der Waals surface area contributed by atoms with Crippen LogP contribution in [0.4, 0.5) is 0 Å². The highest BCUT2D eigenvalue weighted by molar-refractivity contribution is 5.94. The van der Waals surface area contributed by atoms with Gasteiger partial charge < -0.3 is 10.6 Å². The van der Waals surface area contributed by atoms with Crippen molar-refractivity contribution in [3.05, 3.63) is 72.9 Å². The Morgan fingerprint density at radius 3 is 2.69 bits per heavy atom. The van der Waals surface area contributed by atoms with E-state index in [1.807, 2.05) is 47.3 Å². The molecule has 2 N–H and O–H groups in total. The average Bonchev–Trinajstić information content (AvgIpc) is 3.47. The highest BCUT2D eigenvalue weighted by Crippen LogP contribution is 2.35. The van der Waals surface area contributed by atoms with Gasteiger partial charge in [-0.3, -0.25) is 19.6 Å². The summed E-state index contributed by atoms with van der Waals surface area (Å²) in [5.41, 5.74) is 3.66. The number of carbonyl (C=O) groups excluding carboxylic acids is 2. The number of nitrogens with one attached hydrogen (secondary N) is 2. The summed E-state index contributed by atoms with van der Waals surface area (Å²) in [5.74, 6) is -0.350. The summed E-state index contributed by atoms with van der Waals surface area (Å²) in [7, 11) is 1.58. The Kier molecular flexibility index (Phi) is 4.89. The van der Waals surface area contributed by atoms with E-state index in [-0.39, 0.29) is 18.2 Å².